The SMILES string of the molecule is C[C@H](CCC(=O)[C@@H](C)[C@H]1C(=O)CC2C3CC=C4C[C@@H](O[Si](c5ccccc5)(c5ccccc5)C(C)(C)C)CC[C@]4(C)C3CC[C@@]21C)CN=[N+]=[N-]. The van der Waals surface area contributed by atoms with Gasteiger partial charge in [0.15, 0.2) is 0 Å². The summed E-state index contributed by atoms with van der Waals surface area (Å²) >= 11 is 0. The zero-order chi connectivity index (χ0) is 35.9. The first-order valence-electron chi connectivity index (χ1n) is 19.3. The van der Waals surface area contributed by atoms with Gasteiger partial charge in [-0.3, -0.25) is 9.59 Å². The van der Waals surface area contributed by atoms with Crippen LogP contribution in [0.3, 0.4) is 0 Å². The first-order chi connectivity index (χ1) is 23.8. The largest absolute Gasteiger partial charge is 0.404 e. The van der Waals surface area contributed by atoms with Crippen LogP contribution in [0, 0.1) is 46.3 Å². The van der Waals surface area contributed by atoms with E-state index in [4.69, 9.17) is 9.96 Å². The first kappa shape index (κ1) is 36.8. The van der Waals surface area contributed by atoms with Gasteiger partial charge in [0.05, 0.1) is 0 Å². The number of fused-ring (bicyclic) bond motifs is 5. The van der Waals surface area contributed by atoms with E-state index in [2.05, 4.69) is 111 Å². The maximum atomic E-state index is 13.9. The van der Waals surface area contributed by atoms with Gasteiger partial charge in [-0.2, -0.15) is 0 Å². The number of Topliss-reactive ketones (excluding diaryl/α,β-unsaturated/α-hetero) is 2. The van der Waals surface area contributed by atoms with Crippen molar-refractivity contribution >= 4 is 30.3 Å². The molecule has 0 bridgehead atoms. The van der Waals surface area contributed by atoms with Gasteiger partial charge in [0.2, 0.25) is 0 Å². The van der Waals surface area contributed by atoms with Gasteiger partial charge in [0, 0.05) is 42.2 Å². The van der Waals surface area contributed by atoms with Crippen LogP contribution >= 0.6 is 0 Å². The predicted molar refractivity (Wildman–Crippen MR) is 205 cm³/mol. The van der Waals surface area contributed by atoms with Gasteiger partial charge in [0.1, 0.15) is 11.6 Å². The molecule has 0 amide bonds. The molecule has 6 rings (SSSR count). The van der Waals surface area contributed by atoms with Crippen molar-refractivity contribution in [2.45, 2.75) is 117 Å². The monoisotopic (exact) mass is 693 g/mol. The lowest BCUT2D eigenvalue weighted by atomic mass is 9.47. The maximum absolute atomic E-state index is 13.9. The summed E-state index contributed by atoms with van der Waals surface area (Å²) in [4.78, 5) is 30.2. The third-order valence-electron chi connectivity index (χ3n) is 14.1. The van der Waals surface area contributed by atoms with Crippen molar-refractivity contribution < 1.29 is 14.0 Å². The van der Waals surface area contributed by atoms with Crippen LogP contribution in [-0.2, 0) is 14.0 Å². The third kappa shape index (κ3) is 6.37. The van der Waals surface area contributed by atoms with Crippen LogP contribution in [0.15, 0.2) is 77.4 Å². The summed E-state index contributed by atoms with van der Waals surface area (Å²) in [5.41, 5.74) is 10.2. The first-order valence-corrected chi connectivity index (χ1v) is 21.2. The van der Waals surface area contributed by atoms with Crippen molar-refractivity contribution in [3.05, 3.63) is 82.8 Å². The van der Waals surface area contributed by atoms with E-state index >= 15 is 0 Å². The lowest BCUT2D eigenvalue weighted by molar-refractivity contribution is -0.134. The number of hydrogen-bond donors (Lipinski definition) is 0. The fourth-order valence-electron chi connectivity index (χ4n) is 11.4. The fourth-order valence-corrected chi connectivity index (χ4v) is 16.1. The third-order valence-corrected chi connectivity index (χ3v) is 19.2. The second-order valence-electron chi connectivity index (χ2n) is 17.9. The van der Waals surface area contributed by atoms with Crippen molar-refractivity contribution in [1.29, 1.82) is 0 Å². The molecule has 0 N–H and O–H groups in total. The van der Waals surface area contributed by atoms with Gasteiger partial charge in [-0.15, -0.1) is 0 Å². The van der Waals surface area contributed by atoms with Crippen LogP contribution in [0.5, 0.6) is 0 Å². The molecule has 0 aromatic heterocycles. The van der Waals surface area contributed by atoms with E-state index in [9.17, 15) is 9.59 Å². The summed E-state index contributed by atoms with van der Waals surface area (Å²) in [6.07, 6.45) is 10.8. The second-order valence-corrected chi connectivity index (χ2v) is 22.2. The van der Waals surface area contributed by atoms with Crippen LogP contribution in [0.4, 0.5) is 0 Å². The molecule has 3 saturated carbocycles. The van der Waals surface area contributed by atoms with Crippen molar-refractivity contribution in [1.82, 2.24) is 0 Å². The minimum atomic E-state index is -2.65. The van der Waals surface area contributed by atoms with Crippen molar-refractivity contribution in [2.75, 3.05) is 6.54 Å². The molecule has 4 aliphatic rings. The van der Waals surface area contributed by atoms with E-state index in [-0.39, 0.29) is 45.5 Å². The highest BCUT2D eigenvalue weighted by Gasteiger charge is 2.63. The molecule has 3 fully saturated rings. The Kier molecular flexibility index (Phi) is 10.4. The highest BCUT2D eigenvalue weighted by atomic mass is 28.4. The smallest absolute Gasteiger partial charge is 0.261 e. The normalized spacial score (nSPS) is 32.1. The second kappa shape index (κ2) is 14.2. The summed E-state index contributed by atoms with van der Waals surface area (Å²) in [7, 11) is -2.65. The van der Waals surface area contributed by atoms with E-state index < -0.39 is 8.32 Å². The Morgan fingerprint density at radius 3 is 2.22 bits per heavy atom. The molecule has 6 nitrogen and oxygen atoms in total. The number of benzene rings is 2. The standard InChI is InChI=1S/C43H59N3O3Si/c1-29(28-45-46-44)18-21-38(47)30(2)40-39(48)27-37-35-20-19-31-26-32(22-24-42(31,6)36(35)23-25-43(37,40)7)49-50(41(3,4)5,33-14-10-8-11-15-33)34-16-12-9-13-17-34/h8-17,19,29-30,32,35-37,40H,18,20-28H2,1-7H3/t29-,30-,32+,35?,36?,37?,40+,42+,43+/m1/s1. The van der Waals surface area contributed by atoms with Gasteiger partial charge in [-0.25, -0.2) is 0 Å². The van der Waals surface area contributed by atoms with E-state index in [1.807, 2.05) is 13.8 Å². The Morgan fingerprint density at radius 1 is 0.980 bits per heavy atom. The van der Waals surface area contributed by atoms with E-state index in [1.165, 1.54) is 10.4 Å². The Bertz CT molecular complexity index is 1590. The molecule has 0 aliphatic heterocycles. The Hall–Kier alpha value is -2.99. The summed E-state index contributed by atoms with van der Waals surface area (Å²) in [6.45, 7) is 16.4. The van der Waals surface area contributed by atoms with Crippen LogP contribution in [-0.4, -0.2) is 32.5 Å². The van der Waals surface area contributed by atoms with E-state index in [0.29, 0.717) is 49.3 Å². The summed E-state index contributed by atoms with van der Waals surface area (Å²) in [6, 6.07) is 22.0. The van der Waals surface area contributed by atoms with Gasteiger partial charge in [0.25, 0.3) is 8.32 Å². The summed E-state index contributed by atoms with van der Waals surface area (Å²) in [5, 5.41) is 6.31. The lowest BCUT2D eigenvalue weighted by Crippen LogP contribution is -2.68. The van der Waals surface area contributed by atoms with Crippen LogP contribution in [0.25, 0.3) is 10.4 Å². The van der Waals surface area contributed by atoms with Gasteiger partial charge in [-0.05, 0) is 100 Å². The Morgan fingerprint density at radius 2 is 1.62 bits per heavy atom. The van der Waals surface area contributed by atoms with Gasteiger partial charge < -0.3 is 4.43 Å². The molecule has 0 saturated heterocycles. The number of rotatable bonds is 11. The van der Waals surface area contributed by atoms with Gasteiger partial charge >= 0.3 is 0 Å². The molecule has 50 heavy (non-hydrogen) atoms. The van der Waals surface area contributed by atoms with Crippen molar-refractivity contribution in [3.63, 3.8) is 0 Å². The zero-order valence-electron chi connectivity index (χ0n) is 31.5. The molecule has 0 spiro atoms. The average molecular weight is 694 g/mol. The minimum Gasteiger partial charge on any atom is -0.404 e. The maximum Gasteiger partial charge on any atom is 0.261 e. The number of azide groups is 1. The van der Waals surface area contributed by atoms with Crippen LogP contribution in [0.2, 0.25) is 5.04 Å². The van der Waals surface area contributed by atoms with E-state index in [1.54, 1.807) is 5.57 Å². The molecule has 2 aromatic rings. The van der Waals surface area contributed by atoms with Crippen LogP contribution < -0.4 is 10.4 Å². The van der Waals surface area contributed by atoms with Crippen LogP contribution in [0.1, 0.15) is 106 Å². The number of carbonyl (C=O) groups excluding carboxylic acids is 2. The lowest BCUT2D eigenvalue weighted by Gasteiger charge is -2.58. The Labute approximate surface area is 301 Å². The van der Waals surface area contributed by atoms with Gasteiger partial charge in [-0.1, -0.05) is 126 Å². The number of carbonyl (C=O) groups is 2. The quantitative estimate of drug-likeness (QED) is 0.0772. The molecular formula is C43H59N3O3Si. The summed E-state index contributed by atoms with van der Waals surface area (Å²) in [5.74, 6) is 1.58. The molecule has 9 atom stereocenters. The molecule has 7 heteroatoms. The molecule has 0 radical (unpaired) electrons. The summed E-state index contributed by atoms with van der Waals surface area (Å²) < 4.78 is 7.66. The molecule has 3 unspecified atom stereocenters. The average Bonchev–Trinajstić information content (AvgIpc) is 3.38. The zero-order valence-corrected chi connectivity index (χ0v) is 32.5. The van der Waals surface area contributed by atoms with Crippen molar-refractivity contribution in [2.24, 2.45) is 51.5 Å². The predicted octanol–water partition coefficient (Wildman–Crippen LogP) is 9.62. The number of hydrogen-bond acceptors (Lipinski definition) is 4. The molecule has 268 valence electrons. The topological polar surface area (TPSA) is 92.1 Å². The van der Waals surface area contributed by atoms with Crippen molar-refractivity contribution in [3.8, 4) is 0 Å². The molecule has 4 aliphatic carbocycles. The molecular weight excluding hydrogens is 635 g/mol. The number of ketones is 2. The minimum absolute atomic E-state index is 0.0510. The highest BCUT2D eigenvalue weighted by molar-refractivity contribution is 6.99. The number of nitrogens with zero attached hydrogens (tertiary/aromatic N) is 3. The molecule has 0 heterocycles. The highest BCUT2D eigenvalue weighted by Crippen LogP contribution is 2.66. The fraction of sp³-hybridized carbons (Fsp3) is 0.628. The van der Waals surface area contributed by atoms with E-state index in [0.717, 1.165) is 38.5 Å². The number of allylic oxidation sites excluding steroid dienone is 1. The Balaban J connectivity index is 1.22. The molecule has 2 aromatic carbocycles.